The van der Waals surface area contributed by atoms with Crippen molar-refractivity contribution in [3.8, 4) is 0 Å². The van der Waals surface area contributed by atoms with Crippen molar-refractivity contribution < 1.29 is 9.47 Å². The van der Waals surface area contributed by atoms with E-state index in [0.717, 1.165) is 12.8 Å². The zero-order valence-electron chi connectivity index (χ0n) is 12.8. The van der Waals surface area contributed by atoms with Crippen LogP contribution in [0.1, 0.15) is 65.2 Å². The van der Waals surface area contributed by atoms with Gasteiger partial charge in [0.1, 0.15) is 0 Å². The molecule has 0 heterocycles. The Balaban J connectivity index is 3.96. The van der Waals surface area contributed by atoms with Crippen LogP contribution in [-0.2, 0) is 9.47 Å². The summed E-state index contributed by atoms with van der Waals surface area (Å²) < 4.78 is 11.0. The van der Waals surface area contributed by atoms with Crippen molar-refractivity contribution in [1.82, 2.24) is 0 Å². The molecule has 0 aromatic rings. The number of ether oxygens (including phenoxy) is 2. The molecule has 0 aliphatic carbocycles. The average molecular weight is 259 g/mol. The third-order valence-electron chi connectivity index (χ3n) is 3.97. The maximum Gasteiger partial charge on any atom is 0.167 e. The highest BCUT2D eigenvalue weighted by molar-refractivity contribution is 4.75. The molecule has 0 saturated carbocycles. The van der Waals surface area contributed by atoms with Crippen LogP contribution in [-0.4, -0.2) is 26.6 Å². The van der Waals surface area contributed by atoms with Gasteiger partial charge in [-0.2, -0.15) is 0 Å². The van der Waals surface area contributed by atoms with Crippen LogP contribution in [0.2, 0.25) is 0 Å². The van der Waals surface area contributed by atoms with E-state index in [0.29, 0.717) is 12.5 Å². The first kappa shape index (κ1) is 17.9. The van der Waals surface area contributed by atoms with Crippen molar-refractivity contribution in [3.63, 3.8) is 0 Å². The largest absolute Gasteiger partial charge is 0.353 e. The maximum atomic E-state index is 5.69. The van der Waals surface area contributed by atoms with Crippen molar-refractivity contribution in [1.29, 1.82) is 0 Å². The minimum atomic E-state index is -0.483. The van der Waals surface area contributed by atoms with Crippen LogP contribution in [0, 0.1) is 5.92 Å². The van der Waals surface area contributed by atoms with Gasteiger partial charge in [0, 0.05) is 20.1 Å². The second kappa shape index (κ2) is 10.8. The average Bonchev–Trinajstić information content (AvgIpc) is 2.40. The molecule has 3 heteroatoms. The molecule has 0 bridgehead atoms. The first-order chi connectivity index (χ1) is 8.64. The van der Waals surface area contributed by atoms with Gasteiger partial charge in [0.15, 0.2) is 5.79 Å². The number of rotatable bonds is 12. The molecule has 0 saturated heterocycles. The van der Waals surface area contributed by atoms with Crippen LogP contribution >= 0.6 is 0 Å². The fourth-order valence-electron chi connectivity index (χ4n) is 2.46. The van der Waals surface area contributed by atoms with Crippen LogP contribution in [0.3, 0.4) is 0 Å². The lowest BCUT2D eigenvalue weighted by Crippen LogP contribution is -2.40. The Labute approximate surface area is 113 Å². The minimum absolute atomic E-state index is 0.392. The molecule has 0 spiro atoms. The topological polar surface area (TPSA) is 44.5 Å². The molecular formula is C15H33NO2. The van der Waals surface area contributed by atoms with E-state index >= 15 is 0 Å². The highest BCUT2D eigenvalue weighted by atomic mass is 16.7. The highest BCUT2D eigenvalue weighted by Crippen LogP contribution is 2.29. The van der Waals surface area contributed by atoms with Crippen molar-refractivity contribution in [2.45, 2.75) is 71.0 Å². The van der Waals surface area contributed by atoms with Gasteiger partial charge in [0.2, 0.25) is 0 Å². The van der Waals surface area contributed by atoms with Gasteiger partial charge in [-0.05, 0) is 26.3 Å². The molecule has 110 valence electrons. The molecule has 0 amide bonds. The molecule has 0 radical (unpaired) electrons. The molecule has 0 fully saturated rings. The molecule has 0 aromatic heterocycles. The Morgan fingerprint density at radius 2 is 1.50 bits per heavy atom. The Hall–Kier alpha value is -0.120. The van der Waals surface area contributed by atoms with Crippen molar-refractivity contribution in [3.05, 3.63) is 0 Å². The van der Waals surface area contributed by atoms with Crippen molar-refractivity contribution in [2.24, 2.45) is 11.7 Å². The molecule has 1 unspecified atom stereocenters. The number of hydrogen-bond acceptors (Lipinski definition) is 3. The quantitative estimate of drug-likeness (QED) is 0.429. The van der Waals surface area contributed by atoms with Gasteiger partial charge < -0.3 is 15.2 Å². The van der Waals surface area contributed by atoms with Gasteiger partial charge in [-0.25, -0.2) is 0 Å². The zero-order chi connectivity index (χ0) is 13.9. The van der Waals surface area contributed by atoms with Gasteiger partial charge in [-0.15, -0.1) is 0 Å². The molecule has 0 aliphatic heterocycles. The van der Waals surface area contributed by atoms with E-state index in [1.54, 1.807) is 14.2 Å². The molecule has 3 nitrogen and oxygen atoms in total. The van der Waals surface area contributed by atoms with Crippen LogP contribution < -0.4 is 5.73 Å². The fourth-order valence-corrected chi connectivity index (χ4v) is 2.46. The standard InChI is InChI=1S/C15H33NO2/c1-5-6-7-8-9-10-11-14(12-13-16)15(2,17-3)18-4/h14H,5-13,16H2,1-4H3. The summed E-state index contributed by atoms with van der Waals surface area (Å²) in [6.07, 6.45) is 10.0. The molecule has 0 rings (SSSR count). The zero-order valence-corrected chi connectivity index (χ0v) is 12.8. The van der Waals surface area contributed by atoms with Gasteiger partial charge in [0.05, 0.1) is 0 Å². The second-order valence-corrected chi connectivity index (χ2v) is 5.25. The molecule has 2 N–H and O–H groups in total. The fraction of sp³-hybridized carbons (Fsp3) is 1.00. The summed E-state index contributed by atoms with van der Waals surface area (Å²) in [5.41, 5.74) is 5.69. The predicted molar refractivity (Wildman–Crippen MR) is 77.6 cm³/mol. The minimum Gasteiger partial charge on any atom is -0.353 e. The molecular weight excluding hydrogens is 226 g/mol. The maximum absolute atomic E-state index is 5.69. The number of methoxy groups -OCH3 is 2. The summed E-state index contributed by atoms with van der Waals surface area (Å²) in [6, 6.07) is 0. The Morgan fingerprint density at radius 3 is 2.00 bits per heavy atom. The molecule has 0 aromatic carbocycles. The Morgan fingerprint density at radius 1 is 0.944 bits per heavy atom. The number of hydrogen-bond donors (Lipinski definition) is 1. The summed E-state index contributed by atoms with van der Waals surface area (Å²) in [5.74, 6) is -0.0911. The van der Waals surface area contributed by atoms with Crippen LogP contribution in [0.5, 0.6) is 0 Å². The summed E-state index contributed by atoms with van der Waals surface area (Å²) in [4.78, 5) is 0. The Bertz CT molecular complexity index is 181. The van der Waals surface area contributed by atoms with E-state index in [1.807, 2.05) is 6.92 Å². The smallest absolute Gasteiger partial charge is 0.167 e. The number of unbranched alkanes of at least 4 members (excludes halogenated alkanes) is 5. The lowest BCUT2D eigenvalue weighted by atomic mass is 9.90. The van der Waals surface area contributed by atoms with E-state index < -0.39 is 5.79 Å². The summed E-state index contributed by atoms with van der Waals surface area (Å²) in [5, 5.41) is 0. The third-order valence-corrected chi connectivity index (χ3v) is 3.97. The number of nitrogens with two attached hydrogens (primary N) is 1. The normalized spacial score (nSPS) is 13.8. The lowest BCUT2D eigenvalue weighted by molar-refractivity contribution is -0.229. The van der Waals surface area contributed by atoms with Gasteiger partial charge >= 0.3 is 0 Å². The van der Waals surface area contributed by atoms with E-state index in [1.165, 1.54) is 38.5 Å². The predicted octanol–water partition coefficient (Wildman–Crippen LogP) is 3.71. The van der Waals surface area contributed by atoms with E-state index in [9.17, 15) is 0 Å². The van der Waals surface area contributed by atoms with E-state index in [4.69, 9.17) is 15.2 Å². The van der Waals surface area contributed by atoms with Gasteiger partial charge in [-0.1, -0.05) is 45.4 Å². The summed E-state index contributed by atoms with van der Waals surface area (Å²) in [7, 11) is 3.43. The van der Waals surface area contributed by atoms with Gasteiger partial charge in [0.25, 0.3) is 0 Å². The van der Waals surface area contributed by atoms with Crippen molar-refractivity contribution in [2.75, 3.05) is 20.8 Å². The van der Waals surface area contributed by atoms with Crippen LogP contribution in [0.25, 0.3) is 0 Å². The third kappa shape index (κ3) is 6.72. The second-order valence-electron chi connectivity index (χ2n) is 5.25. The summed E-state index contributed by atoms with van der Waals surface area (Å²) >= 11 is 0. The lowest BCUT2D eigenvalue weighted by Gasteiger charge is -2.35. The molecule has 0 aliphatic rings. The molecule has 18 heavy (non-hydrogen) atoms. The Kier molecular flexibility index (Phi) is 10.7. The van der Waals surface area contributed by atoms with Crippen molar-refractivity contribution >= 4 is 0 Å². The monoisotopic (exact) mass is 259 g/mol. The van der Waals surface area contributed by atoms with E-state index in [-0.39, 0.29) is 0 Å². The van der Waals surface area contributed by atoms with Crippen LogP contribution in [0.4, 0.5) is 0 Å². The van der Waals surface area contributed by atoms with Crippen LogP contribution in [0.15, 0.2) is 0 Å². The van der Waals surface area contributed by atoms with Gasteiger partial charge in [-0.3, -0.25) is 0 Å². The first-order valence-electron chi connectivity index (χ1n) is 7.45. The molecule has 1 atom stereocenters. The first-order valence-corrected chi connectivity index (χ1v) is 7.45. The van der Waals surface area contributed by atoms with E-state index in [2.05, 4.69) is 6.92 Å². The SMILES string of the molecule is CCCCCCCCC(CCN)C(C)(OC)OC. The highest BCUT2D eigenvalue weighted by Gasteiger charge is 2.33. The summed E-state index contributed by atoms with van der Waals surface area (Å²) in [6.45, 7) is 4.97.